The van der Waals surface area contributed by atoms with E-state index in [-0.39, 0.29) is 18.3 Å². The van der Waals surface area contributed by atoms with Crippen LogP contribution < -0.4 is 0 Å². The third-order valence-corrected chi connectivity index (χ3v) is 2.24. The molecule has 0 radical (unpaired) electrons. The first-order valence-corrected chi connectivity index (χ1v) is 4.44. The largest absolute Gasteiger partial charge is 0.424 e. The van der Waals surface area contributed by atoms with Gasteiger partial charge in [0, 0.05) is 19.3 Å². The van der Waals surface area contributed by atoms with Crippen LogP contribution in [0.3, 0.4) is 0 Å². The fourth-order valence-corrected chi connectivity index (χ4v) is 1.68. The molecule has 1 aliphatic rings. The van der Waals surface area contributed by atoms with Crippen molar-refractivity contribution in [3.8, 4) is 18.8 Å². The second kappa shape index (κ2) is 5.57. The lowest BCUT2D eigenvalue weighted by Crippen LogP contribution is -2.35. The van der Waals surface area contributed by atoms with Gasteiger partial charge < -0.3 is 14.2 Å². The molecule has 1 rings (SSSR count). The maximum Gasteiger partial charge on any atom is 0.286 e. The van der Waals surface area contributed by atoms with E-state index in [9.17, 15) is 0 Å². The molecule has 6 nitrogen and oxygen atoms in total. The number of nitrogens with zero attached hydrogens (tertiary/aromatic N) is 3. The van der Waals surface area contributed by atoms with Gasteiger partial charge in [0.1, 0.15) is 18.3 Å². The van der Waals surface area contributed by atoms with Crippen molar-refractivity contribution in [2.75, 3.05) is 0 Å². The highest BCUT2D eigenvalue weighted by atomic mass is 16.5. The van der Waals surface area contributed by atoms with E-state index in [0.717, 1.165) is 0 Å². The summed E-state index contributed by atoms with van der Waals surface area (Å²) in [6.45, 7) is 0. The molecule has 0 heterocycles. The van der Waals surface area contributed by atoms with E-state index in [4.69, 9.17) is 30.0 Å². The van der Waals surface area contributed by atoms with Crippen molar-refractivity contribution in [1.29, 1.82) is 15.8 Å². The van der Waals surface area contributed by atoms with Gasteiger partial charge in [-0.2, -0.15) is 15.8 Å². The highest BCUT2D eigenvalue weighted by Gasteiger charge is 2.32. The molecule has 1 saturated carbocycles. The van der Waals surface area contributed by atoms with Crippen molar-refractivity contribution in [2.45, 2.75) is 37.6 Å². The predicted octanol–water partition coefficient (Wildman–Crippen LogP) is 0.769. The van der Waals surface area contributed by atoms with E-state index in [0.29, 0.717) is 19.3 Å². The minimum Gasteiger partial charge on any atom is -0.424 e. The van der Waals surface area contributed by atoms with Gasteiger partial charge in [0.15, 0.2) is 0 Å². The van der Waals surface area contributed by atoms with Gasteiger partial charge >= 0.3 is 0 Å². The molecular formula is C9H9N3O3. The van der Waals surface area contributed by atoms with Crippen LogP contribution in [-0.4, -0.2) is 18.3 Å². The maximum absolute atomic E-state index is 8.37. The summed E-state index contributed by atoms with van der Waals surface area (Å²) in [6.07, 6.45) is 5.11. The SMILES string of the molecule is N#COC1CC(OC#N)CC(OC#N)C1. The smallest absolute Gasteiger partial charge is 0.286 e. The summed E-state index contributed by atoms with van der Waals surface area (Å²) < 4.78 is 14.3. The predicted molar refractivity (Wildman–Crippen MR) is 45.3 cm³/mol. The van der Waals surface area contributed by atoms with Crippen molar-refractivity contribution in [1.82, 2.24) is 0 Å². The van der Waals surface area contributed by atoms with E-state index >= 15 is 0 Å². The zero-order chi connectivity index (χ0) is 11.1. The number of rotatable bonds is 3. The fourth-order valence-electron chi connectivity index (χ4n) is 1.68. The van der Waals surface area contributed by atoms with Crippen molar-refractivity contribution in [3.05, 3.63) is 0 Å². The van der Waals surface area contributed by atoms with Crippen molar-refractivity contribution >= 4 is 0 Å². The summed E-state index contributed by atoms with van der Waals surface area (Å²) in [4.78, 5) is 0. The van der Waals surface area contributed by atoms with E-state index in [1.807, 2.05) is 0 Å². The Balaban J connectivity index is 2.54. The maximum atomic E-state index is 8.37. The van der Waals surface area contributed by atoms with Gasteiger partial charge in [0.05, 0.1) is 0 Å². The summed E-state index contributed by atoms with van der Waals surface area (Å²) >= 11 is 0. The van der Waals surface area contributed by atoms with Crippen LogP contribution in [0.4, 0.5) is 0 Å². The molecule has 78 valence electrons. The molecule has 0 saturated heterocycles. The standard InChI is InChI=1S/C9H9N3O3/c10-4-13-7-1-8(14-5-11)3-9(2-7)15-6-12/h7-9H,1-3H2. The Labute approximate surface area is 87.2 Å². The van der Waals surface area contributed by atoms with Crippen molar-refractivity contribution < 1.29 is 14.2 Å². The van der Waals surface area contributed by atoms with Gasteiger partial charge in [0.2, 0.25) is 0 Å². The lowest BCUT2D eigenvalue weighted by molar-refractivity contribution is -0.0281. The summed E-state index contributed by atoms with van der Waals surface area (Å²) in [5, 5.41) is 25.1. The molecule has 15 heavy (non-hydrogen) atoms. The van der Waals surface area contributed by atoms with Crippen LogP contribution in [-0.2, 0) is 14.2 Å². The highest BCUT2D eigenvalue weighted by Crippen LogP contribution is 2.25. The molecule has 0 atom stereocenters. The van der Waals surface area contributed by atoms with Crippen molar-refractivity contribution in [3.63, 3.8) is 0 Å². The number of hydrogen-bond acceptors (Lipinski definition) is 6. The van der Waals surface area contributed by atoms with Crippen LogP contribution in [0.5, 0.6) is 0 Å². The molecule has 0 spiro atoms. The monoisotopic (exact) mass is 207 g/mol. The fraction of sp³-hybridized carbons (Fsp3) is 0.667. The Morgan fingerprint density at radius 1 is 0.667 bits per heavy atom. The van der Waals surface area contributed by atoms with E-state index in [2.05, 4.69) is 0 Å². The Morgan fingerprint density at radius 2 is 0.933 bits per heavy atom. The molecule has 0 amide bonds. The Kier molecular flexibility index (Phi) is 4.06. The first-order chi connectivity index (χ1) is 7.30. The molecule has 1 fully saturated rings. The number of hydrogen-bond donors (Lipinski definition) is 0. The lowest BCUT2D eigenvalue weighted by Gasteiger charge is -2.29. The second-order valence-electron chi connectivity index (χ2n) is 3.20. The number of ether oxygens (including phenoxy) is 3. The third kappa shape index (κ3) is 3.25. The Bertz CT molecular complexity index is 267. The average molecular weight is 207 g/mol. The van der Waals surface area contributed by atoms with Gasteiger partial charge in [-0.05, 0) is 0 Å². The van der Waals surface area contributed by atoms with E-state index in [1.165, 1.54) is 0 Å². The van der Waals surface area contributed by atoms with Crippen molar-refractivity contribution in [2.24, 2.45) is 0 Å². The zero-order valence-electron chi connectivity index (χ0n) is 7.92. The quantitative estimate of drug-likeness (QED) is 0.633. The normalized spacial score (nSPS) is 29.0. The van der Waals surface area contributed by atoms with E-state index in [1.54, 1.807) is 18.8 Å². The second-order valence-corrected chi connectivity index (χ2v) is 3.20. The zero-order valence-corrected chi connectivity index (χ0v) is 7.92. The Morgan fingerprint density at radius 3 is 1.13 bits per heavy atom. The summed E-state index contributed by atoms with van der Waals surface area (Å²) in [5.74, 6) is 0. The van der Waals surface area contributed by atoms with Gasteiger partial charge in [-0.15, -0.1) is 0 Å². The van der Waals surface area contributed by atoms with Gasteiger partial charge in [-0.25, -0.2) is 0 Å². The molecular weight excluding hydrogens is 198 g/mol. The molecule has 0 aromatic carbocycles. The van der Waals surface area contributed by atoms with Crippen LogP contribution in [0.2, 0.25) is 0 Å². The molecule has 0 unspecified atom stereocenters. The molecule has 6 heteroatoms. The van der Waals surface area contributed by atoms with Gasteiger partial charge in [0.25, 0.3) is 18.8 Å². The molecule has 0 aromatic heterocycles. The molecule has 0 aliphatic heterocycles. The first kappa shape index (κ1) is 10.9. The number of nitriles is 3. The molecule has 1 aliphatic carbocycles. The molecule has 0 aromatic rings. The van der Waals surface area contributed by atoms with Gasteiger partial charge in [-0.1, -0.05) is 0 Å². The summed E-state index contributed by atoms with van der Waals surface area (Å²) in [6, 6.07) is 0. The van der Waals surface area contributed by atoms with Crippen LogP contribution in [0.25, 0.3) is 0 Å². The minimum atomic E-state index is -0.347. The Hall–Kier alpha value is -2.13. The lowest BCUT2D eigenvalue weighted by atomic mass is 9.92. The van der Waals surface area contributed by atoms with Crippen LogP contribution >= 0.6 is 0 Å². The minimum absolute atomic E-state index is 0.347. The van der Waals surface area contributed by atoms with E-state index < -0.39 is 0 Å². The van der Waals surface area contributed by atoms with Gasteiger partial charge in [-0.3, -0.25) is 0 Å². The van der Waals surface area contributed by atoms with Crippen LogP contribution in [0.15, 0.2) is 0 Å². The summed E-state index contributed by atoms with van der Waals surface area (Å²) in [7, 11) is 0. The average Bonchev–Trinajstić information content (AvgIpc) is 2.19. The topological polar surface area (TPSA) is 99.1 Å². The first-order valence-electron chi connectivity index (χ1n) is 4.44. The summed E-state index contributed by atoms with van der Waals surface area (Å²) in [5.41, 5.74) is 0. The molecule has 0 N–H and O–H groups in total. The highest BCUT2D eigenvalue weighted by molar-refractivity contribution is 4.84. The van der Waals surface area contributed by atoms with Crippen LogP contribution in [0.1, 0.15) is 19.3 Å². The molecule has 0 bridgehead atoms. The third-order valence-electron chi connectivity index (χ3n) is 2.24. The van der Waals surface area contributed by atoms with Crippen LogP contribution in [0, 0.1) is 34.6 Å².